The number of methoxy groups -OCH3 is 1. The predicted octanol–water partition coefficient (Wildman–Crippen LogP) is 1.49. The van der Waals surface area contributed by atoms with Gasteiger partial charge in [-0.05, 0) is 19.8 Å². The van der Waals surface area contributed by atoms with Gasteiger partial charge in [0, 0.05) is 25.8 Å². The van der Waals surface area contributed by atoms with Crippen LogP contribution in [0.3, 0.4) is 0 Å². The molecule has 14 heavy (non-hydrogen) atoms. The van der Waals surface area contributed by atoms with E-state index in [9.17, 15) is 0 Å². The summed E-state index contributed by atoms with van der Waals surface area (Å²) in [6, 6.07) is 2.57. The molecule has 0 spiro atoms. The molecule has 1 aromatic heterocycles. The van der Waals surface area contributed by atoms with Crippen molar-refractivity contribution in [3.63, 3.8) is 0 Å². The lowest BCUT2D eigenvalue weighted by Crippen LogP contribution is -2.40. The lowest BCUT2D eigenvalue weighted by molar-refractivity contribution is 0.0327. The number of nitrogens with one attached hydrogen (secondary N) is 1. The van der Waals surface area contributed by atoms with Gasteiger partial charge in [0.2, 0.25) is 0 Å². The zero-order valence-electron chi connectivity index (χ0n) is 8.73. The Morgan fingerprint density at radius 2 is 2.43 bits per heavy atom. The molecule has 0 radical (unpaired) electrons. The molecule has 0 aromatic carbocycles. The molecule has 4 heteroatoms. The van der Waals surface area contributed by atoms with Crippen LogP contribution in [-0.4, -0.2) is 29.0 Å². The lowest BCUT2D eigenvalue weighted by atomic mass is 9.89. The normalized spacial score (nSPS) is 25.9. The second kappa shape index (κ2) is 4.00. The fraction of sp³-hybridized carbons (Fsp3) is 0.700. The van der Waals surface area contributed by atoms with E-state index in [2.05, 4.69) is 17.3 Å². The summed E-state index contributed by atoms with van der Waals surface area (Å²) in [4.78, 5) is 0. The number of aromatic nitrogens is 2. The summed E-state index contributed by atoms with van der Waals surface area (Å²) < 4.78 is 7.20. The average molecular weight is 195 g/mol. The van der Waals surface area contributed by atoms with Crippen molar-refractivity contribution in [2.45, 2.75) is 38.5 Å². The van der Waals surface area contributed by atoms with Gasteiger partial charge in [0.15, 0.2) is 0 Å². The minimum atomic E-state index is 0.450. The topological polar surface area (TPSA) is 39.1 Å². The van der Waals surface area contributed by atoms with Crippen LogP contribution in [0.25, 0.3) is 0 Å². The Balaban J connectivity index is 1.86. The highest BCUT2D eigenvalue weighted by Crippen LogP contribution is 2.25. The van der Waals surface area contributed by atoms with Gasteiger partial charge >= 0.3 is 0 Å². The summed E-state index contributed by atoms with van der Waals surface area (Å²) >= 11 is 0. The summed E-state index contributed by atoms with van der Waals surface area (Å²) in [7, 11) is 1.77. The largest absolute Gasteiger partial charge is 0.381 e. The molecule has 1 aromatic rings. The molecule has 1 N–H and O–H groups in total. The molecule has 2 rings (SSSR count). The van der Waals surface area contributed by atoms with E-state index in [1.165, 1.54) is 0 Å². The molecule has 1 fully saturated rings. The van der Waals surface area contributed by atoms with Crippen molar-refractivity contribution in [2.24, 2.45) is 0 Å². The molecule has 4 nitrogen and oxygen atoms in total. The fourth-order valence-electron chi connectivity index (χ4n) is 1.79. The molecular formula is C10H17N3O. The maximum absolute atomic E-state index is 5.23. The molecular weight excluding hydrogens is 178 g/mol. The van der Waals surface area contributed by atoms with Crippen molar-refractivity contribution in [3.05, 3.63) is 12.3 Å². The summed E-state index contributed by atoms with van der Waals surface area (Å²) in [6.07, 6.45) is 4.49. The molecule has 0 atom stereocenters. The molecule has 0 saturated heterocycles. The van der Waals surface area contributed by atoms with Crippen molar-refractivity contribution in [1.82, 2.24) is 9.78 Å². The first-order chi connectivity index (χ1) is 6.83. The van der Waals surface area contributed by atoms with E-state index in [1.54, 1.807) is 7.11 Å². The number of hydrogen-bond donors (Lipinski definition) is 1. The number of ether oxygens (including phenoxy) is 1. The summed E-state index contributed by atoms with van der Waals surface area (Å²) in [5.41, 5.74) is 0. The van der Waals surface area contributed by atoms with Crippen LogP contribution in [0.5, 0.6) is 0 Å². The number of aryl methyl sites for hydroxylation is 1. The van der Waals surface area contributed by atoms with Gasteiger partial charge in [0.1, 0.15) is 5.82 Å². The molecule has 0 aliphatic heterocycles. The van der Waals surface area contributed by atoms with Gasteiger partial charge < -0.3 is 10.1 Å². The Hall–Kier alpha value is -1.03. The Labute approximate surface area is 84.3 Å². The third-order valence-electron chi connectivity index (χ3n) is 2.80. The molecule has 1 saturated carbocycles. The van der Waals surface area contributed by atoms with Crippen molar-refractivity contribution in [3.8, 4) is 0 Å². The highest BCUT2D eigenvalue weighted by atomic mass is 16.5. The van der Waals surface area contributed by atoms with Gasteiger partial charge in [-0.2, -0.15) is 5.10 Å². The monoisotopic (exact) mass is 195 g/mol. The first kappa shape index (κ1) is 9.52. The number of anilines is 1. The van der Waals surface area contributed by atoms with E-state index in [-0.39, 0.29) is 0 Å². The molecule has 0 amide bonds. The molecule has 1 heterocycles. The van der Waals surface area contributed by atoms with Crippen molar-refractivity contribution in [1.29, 1.82) is 0 Å². The van der Waals surface area contributed by atoms with Crippen molar-refractivity contribution < 1.29 is 4.74 Å². The molecule has 1 aliphatic carbocycles. The van der Waals surface area contributed by atoms with Crippen LogP contribution in [-0.2, 0) is 11.3 Å². The van der Waals surface area contributed by atoms with E-state index < -0.39 is 0 Å². The van der Waals surface area contributed by atoms with E-state index in [4.69, 9.17) is 4.74 Å². The summed E-state index contributed by atoms with van der Waals surface area (Å²) in [5, 5.41) is 7.67. The molecule has 78 valence electrons. The number of nitrogens with zero attached hydrogens (tertiary/aromatic N) is 2. The van der Waals surface area contributed by atoms with E-state index >= 15 is 0 Å². The minimum Gasteiger partial charge on any atom is -0.381 e. The second-order valence-corrected chi connectivity index (χ2v) is 3.70. The van der Waals surface area contributed by atoms with Crippen LogP contribution in [0.2, 0.25) is 0 Å². The zero-order valence-corrected chi connectivity index (χ0v) is 8.73. The molecule has 0 unspecified atom stereocenters. The Kier molecular flexibility index (Phi) is 2.72. The third kappa shape index (κ3) is 1.75. The van der Waals surface area contributed by atoms with Gasteiger partial charge in [-0.15, -0.1) is 0 Å². The zero-order chi connectivity index (χ0) is 9.97. The van der Waals surface area contributed by atoms with E-state index in [1.807, 2.05) is 16.9 Å². The second-order valence-electron chi connectivity index (χ2n) is 3.70. The highest BCUT2D eigenvalue weighted by Gasteiger charge is 2.29. The van der Waals surface area contributed by atoms with Gasteiger partial charge in [0.25, 0.3) is 0 Å². The van der Waals surface area contributed by atoms with Crippen LogP contribution >= 0.6 is 0 Å². The summed E-state index contributed by atoms with van der Waals surface area (Å²) in [5.74, 6) is 1.12. The van der Waals surface area contributed by atoms with Gasteiger partial charge in [-0.3, -0.25) is 4.68 Å². The van der Waals surface area contributed by atoms with Crippen LogP contribution < -0.4 is 5.32 Å². The Morgan fingerprint density at radius 3 is 3.07 bits per heavy atom. The maximum Gasteiger partial charge on any atom is 0.124 e. The van der Waals surface area contributed by atoms with Crippen LogP contribution in [0, 0.1) is 0 Å². The van der Waals surface area contributed by atoms with E-state index in [0.29, 0.717) is 12.1 Å². The Bertz CT molecular complexity index is 291. The van der Waals surface area contributed by atoms with Crippen molar-refractivity contribution in [2.75, 3.05) is 12.4 Å². The van der Waals surface area contributed by atoms with Crippen LogP contribution in [0.4, 0.5) is 5.82 Å². The molecule has 1 aliphatic rings. The van der Waals surface area contributed by atoms with Crippen LogP contribution in [0.15, 0.2) is 12.3 Å². The fourth-order valence-corrected chi connectivity index (χ4v) is 1.79. The highest BCUT2D eigenvalue weighted by molar-refractivity contribution is 5.36. The first-order valence-corrected chi connectivity index (χ1v) is 5.14. The SMILES string of the molecule is CCn1nccc1NC1CC(OC)C1. The van der Waals surface area contributed by atoms with Gasteiger partial charge in [-0.25, -0.2) is 0 Å². The predicted molar refractivity (Wildman–Crippen MR) is 55.3 cm³/mol. The van der Waals surface area contributed by atoms with E-state index in [0.717, 1.165) is 25.2 Å². The summed E-state index contributed by atoms with van der Waals surface area (Å²) in [6.45, 7) is 3.01. The Morgan fingerprint density at radius 1 is 1.64 bits per heavy atom. The smallest absolute Gasteiger partial charge is 0.124 e. The van der Waals surface area contributed by atoms with Crippen LogP contribution in [0.1, 0.15) is 19.8 Å². The minimum absolute atomic E-state index is 0.450. The quantitative estimate of drug-likeness (QED) is 0.791. The number of rotatable bonds is 4. The first-order valence-electron chi connectivity index (χ1n) is 5.14. The maximum atomic E-state index is 5.23. The average Bonchev–Trinajstić information content (AvgIpc) is 2.57. The van der Waals surface area contributed by atoms with Gasteiger partial charge in [0.05, 0.1) is 12.3 Å². The lowest BCUT2D eigenvalue weighted by Gasteiger charge is -2.35. The number of hydrogen-bond acceptors (Lipinski definition) is 3. The van der Waals surface area contributed by atoms with Crippen molar-refractivity contribution >= 4 is 5.82 Å². The standard InChI is InChI=1S/C10H17N3O/c1-3-13-10(4-5-11-13)12-8-6-9(7-8)14-2/h4-5,8-9,12H,3,6-7H2,1-2H3. The molecule has 0 bridgehead atoms. The third-order valence-corrected chi connectivity index (χ3v) is 2.80. The van der Waals surface area contributed by atoms with Gasteiger partial charge in [-0.1, -0.05) is 0 Å².